The Bertz CT molecular complexity index is 2050. The van der Waals surface area contributed by atoms with Gasteiger partial charge in [-0.1, -0.05) is 30.1 Å². The first kappa shape index (κ1) is 46.4. The van der Waals surface area contributed by atoms with Gasteiger partial charge in [0.15, 0.2) is 3.92 Å². The maximum atomic E-state index is 11.9. The van der Waals surface area contributed by atoms with Crippen LogP contribution in [-0.4, -0.2) is 136 Å². The van der Waals surface area contributed by atoms with Crippen molar-refractivity contribution in [1.82, 2.24) is 34.1 Å². The minimum absolute atomic E-state index is 0. The number of fused-ring (bicyclic) bond motifs is 2. The van der Waals surface area contributed by atoms with Gasteiger partial charge in [0.2, 0.25) is 15.1 Å². The van der Waals surface area contributed by atoms with Gasteiger partial charge in [-0.15, -0.1) is 10.2 Å². The van der Waals surface area contributed by atoms with Crippen molar-refractivity contribution in [3.8, 4) is 0 Å². The van der Waals surface area contributed by atoms with Crippen LogP contribution in [0.1, 0.15) is 53.9 Å². The van der Waals surface area contributed by atoms with Gasteiger partial charge < -0.3 is 24.7 Å². The number of amides is 1. The molecular weight excluding hydrogens is 1060 g/mol. The molecule has 1 amide bonds. The number of imidazole rings is 2. The highest BCUT2D eigenvalue weighted by atomic mass is 127. The first-order valence-electron chi connectivity index (χ1n) is 16.0. The summed E-state index contributed by atoms with van der Waals surface area (Å²) in [7, 11) is -6.26. The number of hydrogen-bond donors (Lipinski definition) is 2. The van der Waals surface area contributed by atoms with E-state index in [4.69, 9.17) is 4.74 Å². The number of hydrogen-bond acceptors (Lipinski definition) is 15. The zero-order valence-corrected chi connectivity index (χ0v) is 38.5. The Morgan fingerprint density at radius 3 is 1.68 bits per heavy atom. The number of aliphatic hydroxyl groups excluding tert-OH is 2. The lowest BCUT2D eigenvalue weighted by atomic mass is 9.81. The Kier molecular flexibility index (Phi) is 16.2. The second-order valence-electron chi connectivity index (χ2n) is 14.2. The fourth-order valence-corrected chi connectivity index (χ4v) is 12.3. The fraction of sp³-hybridized carbons (Fsp3) is 0.700. The zero-order chi connectivity index (χ0) is 38.7. The number of aromatic nitrogens is 6. The summed E-state index contributed by atoms with van der Waals surface area (Å²) < 4.78 is 57.8. The minimum atomic E-state index is -3.16. The van der Waals surface area contributed by atoms with E-state index in [1.165, 1.54) is 35.2 Å². The van der Waals surface area contributed by atoms with Crippen molar-refractivity contribution in [2.75, 3.05) is 68.3 Å². The summed E-state index contributed by atoms with van der Waals surface area (Å²) in [6.07, 6.45) is 7.83. The summed E-state index contributed by atoms with van der Waals surface area (Å²) in [5.41, 5.74) is -1.70. The molecule has 0 spiro atoms. The second-order valence-corrected chi connectivity index (χ2v) is 23.9. The molecule has 0 aliphatic carbocycles. The predicted octanol–water partition coefficient (Wildman–Crippen LogP) is 4.85. The lowest BCUT2D eigenvalue weighted by molar-refractivity contribution is 0.00456. The molecule has 6 rings (SSSR count). The minimum Gasteiger partial charge on any atom is -0.444 e. The molecule has 53 heavy (non-hydrogen) atoms. The molecule has 0 atom stereocenters. The van der Waals surface area contributed by atoms with Crippen molar-refractivity contribution in [3.05, 3.63) is 23.7 Å². The highest BCUT2D eigenvalue weighted by Crippen LogP contribution is 2.36. The average Bonchev–Trinajstić information content (AvgIpc) is 3.80. The van der Waals surface area contributed by atoms with Crippen LogP contribution in [0.15, 0.2) is 16.3 Å². The van der Waals surface area contributed by atoms with E-state index in [9.17, 15) is 31.8 Å². The number of piperidine rings is 2. The van der Waals surface area contributed by atoms with Gasteiger partial charge in [-0.25, -0.2) is 31.6 Å². The smallest absolute Gasteiger partial charge is 0.410 e. The van der Waals surface area contributed by atoms with Crippen LogP contribution >= 0.6 is 83.8 Å². The number of likely N-dealkylation sites (tertiary alicyclic amines) is 1. The molecule has 0 saturated carbocycles. The molecule has 0 bridgehead atoms. The van der Waals surface area contributed by atoms with Gasteiger partial charge in [0, 0.05) is 62.7 Å². The first-order chi connectivity index (χ1) is 24.1. The summed E-state index contributed by atoms with van der Waals surface area (Å²) >= 11 is 10.7. The summed E-state index contributed by atoms with van der Waals surface area (Å²) in [6.45, 7) is 7.35. The van der Waals surface area contributed by atoms with E-state index in [-0.39, 0.29) is 38.2 Å². The van der Waals surface area contributed by atoms with Crippen LogP contribution in [0.4, 0.5) is 9.93 Å². The lowest BCUT2D eigenvalue weighted by Gasteiger charge is -2.40. The Labute approximate surface area is 354 Å². The lowest BCUT2D eigenvalue weighted by Crippen LogP contribution is -2.48. The largest absolute Gasteiger partial charge is 0.444 e. The van der Waals surface area contributed by atoms with Crippen LogP contribution in [0, 0.1) is 18.2 Å². The van der Waals surface area contributed by atoms with Crippen LogP contribution in [0.2, 0.25) is 0 Å². The monoisotopic (exact) mass is 1110 g/mol. The molecule has 0 unspecified atom stereocenters. The predicted molar refractivity (Wildman–Crippen MR) is 229 cm³/mol. The van der Waals surface area contributed by atoms with E-state index >= 15 is 0 Å². The van der Waals surface area contributed by atoms with E-state index in [1.807, 2.05) is 4.52 Å². The van der Waals surface area contributed by atoms with E-state index in [2.05, 4.69) is 86.2 Å². The summed E-state index contributed by atoms with van der Waals surface area (Å²) in [4.78, 5) is 25.8. The molecular formula is C30H47BrI2N8O8S4. The quantitative estimate of drug-likeness (QED) is 0.238. The van der Waals surface area contributed by atoms with Crippen molar-refractivity contribution >= 4 is 125 Å². The third-order valence-electron chi connectivity index (χ3n) is 8.43. The van der Waals surface area contributed by atoms with Crippen molar-refractivity contribution in [1.29, 1.82) is 0 Å². The standard InChI is InChI=1S/C13H25NO5S.C12H17IN4O3S2.C4HBrIN3S.CH4/c1-12(2,3)19-11(16)14-7-5-13(9-15,6-8-14)10-20(4,17)18;1-22(19,20)8-12(7-18)2-4-16(5-3-12)11-15-17-9(13)6-14-10(17)21-11;5-3-8-9-2(6)1-7-4(9)10-3;/h15H,5-10H2,1-4H3;6,18H,2-5,7-8H2,1H3;1H;1H4. The van der Waals surface area contributed by atoms with Crippen LogP contribution in [0.3, 0.4) is 0 Å². The number of anilines is 1. The highest BCUT2D eigenvalue weighted by Gasteiger charge is 2.40. The van der Waals surface area contributed by atoms with Gasteiger partial charge >= 0.3 is 6.09 Å². The highest BCUT2D eigenvalue weighted by molar-refractivity contribution is 14.1. The number of nitrogens with zero attached hydrogens (tertiary/aromatic N) is 8. The van der Waals surface area contributed by atoms with Crippen LogP contribution in [0.25, 0.3) is 9.92 Å². The molecule has 2 fully saturated rings. The van der Waals surface area contributed by atoms with Crippen LogP contribution < -0.4 is 4.90 Å². The third-order valence-corrected chi connectivity index (χ3v) is 14.5. The molecule has 4 aromatic heterocycles. The molecule has 23 heteroatoms. The number of ether oxygens (including phenoxy) is 1. The molecule has 0 aromatic carbocycles. The van der Waals surface area contributed by atoms with Crippen LogP contribution in [0.5, 0.6) is 0 Å². The molecule has 16 nitrogen and oxygen atoms in total. The van der Waals surface area contributed by atoms with Gasteiger partial charge in [0.1, 0.15) is 32.7 Å². The van der Waals surface area contributed by atoms with Gasteiger partial charge in [0.05, 0.1) is 23.9 Å². The number of carbonyl (C=O) groups excluding carboxylic acids is 1. The molecule has 300 valence electrons. The van der Waals surface area contributed by atoms with Gasteiger partial charge in [-0.05, 0) is 108 Å². The number of sulfone groups is 2. The Balaban J connectivity index is 0.000000225. The molecule has 4 aromatic rings. The van der Waals surface area contributed by atoms with Gasteiger partial charge in [-0.2, -0.15) is 9.03 Å². The molecule has 2 aliphatic heterocycles. The van der Waals surface area contributed by atoms with E-state index in [1.54, 1.807) is 42.6 Å². The van der Waals surface area contributed by atoms with Crippen LogP contribution in [-0.2, 0) is 24.4 Å². The first-order valence-corrected chi connectivity index (χ1v) is 24.7. The normalized spacial score (nSPS) is 17.4. The molecule has 2 N–H and O–H groups in total. The average molecular weight is 1110 g/mol. The Morgan fingerprint density at radius 1 is 0.849 bits per heavy atom. The zero-order valence-electron chi connectivity index (χ0n) is 29.3. The van der Waals surface area contributed by atoms with Crippen molar-refractivity contribution in [3.63, 3.8) is 0 Å². The maximum Gasteiger partial charge on any atom is 0.410 e. The third kappa shape index (κ3) is 13.3. The number of halogens is 3. The van der Waals surface area contributed by atoms with E-state index < -0.39 is 36.1 Å². The number of carbonyl (C=O) groups is 1. The van der Waals surface area contributed by atoms with E-state index in [0.717, 1.165) is 26.4 Å². The molecule has 2 saturated heterocycles. The number of rotatable bonds is 7. The Morgan fingerprint density at radius 2 is 1.28 bits per heavy atom. The van der Waals surface area contributed by atoms with Gasteiger partial charge in [0.25, 0.3) is 0 Å². The molecule has 6 heterocycles. The number of aliphatic hydroxyl groups is 2. The summed E-state index contributed by atoms with van der Waals surface area (Å²) in [6, 6.07) is 0. The van der Waals surface area contributed by atoms with Crippen molar-refractivity contribution in [2.45, 2.75) is 59.5 Å². The topological polar surface area (TPSA) is 202 Å². The molecule has 2 aliphatic rings. The van der Waals surface area contributed by atoms with Crippen molar-refractivity contribution in [2.24, 2.45) is 10.8 Å². The Hall–Kier alpha value is -0.970. The van der Waals surface area contributed by atoms with Gasteiger partial charge in [-0.3, -0.25) is 0 Å². The van der Waals surface area contributed by atoms with Crippen molar-refractivity contribution < 1.29 is 36.6 Å². The summed E-state index contributed by atoms with van der Waals surface area (Å²) in [5, 5.41) is 28.8. The fourth-order valence-electron chi connectivity index (χ4n) is 5.90. The van der Waals surface area contributed by atoms with E-state index in [0.29, 0.717) is 51.9 Å². The maximum absolute atomic E-state index is 11.9. The second kappa shape index (κ2) is 18.5. The summed E-state index contributed by atoms with van der Waals surface area (Å²) in [5.74, 6) is 0.00207. The SMILES string of the molecule is Brc1nn2c(I)cnc2s1.C.CC(C)(C)OC(=O)N1CCC(CO)(CS(C)(=O)=O)CC1.CS(=O)(=O)CC1(CO)CCN(c2nn3c(I)cnc3s2)CC1. The molecule has 0 radical (unpaired) electrons.